The highest BCUT2D eigenvalue weighted by molar-refractivity contribution is 5.97. The molecule has 0 heterocycles. The fourth-order valence-corrected chi connectivity index (χ4v) is 1.07. The Labute approximate surface area is 90.5 Å². The van der Waals surface area contributed by atoms with Crippen LogP contribution in [0.5, 0.6) is 0 Å². The molecule has 1 unspecified atom stereocenters. The zero-order chi connectivity index (χ0) is 11.7. The van der Waals surface area contributed by atoms with Gasteiger partial charge < -0.3 is 4.74 Å². The molecule has 0 saturated heterocycles. The molecule has 0 aromatic heterocycles. The predicted molar refractivity (Wildman–Crippen MR) is 58.0 cm³/mol. The summed E-state index contributed by atoms with van der Waals surface area (Å²) in [6, 6.07) is 0. The first-order chi connectivity index (χ1) is 7.13. The minimum Gasteiger partial charge on any atom is -0.461 e. The average Bonchev–Trinajstić information content (AvgIpc) is 2.20. The van der Waals surface area contributed by atoms with Gasteiger partial charge in [0.1, 0.15) is 18.3 Å². The van der Waals surface area contributed by atoms with Gasteiger partial charge in [-0.05, 0) is 20.3 Å². The van der Waals surface area contributed by atoms with E-state index in [9.17, 15) is 9.59 Å². The van der Waals surface area contributed by atoms with Crippen LogP contribution >= 0.6 is 0 Å². The van der Waals surface area contributed by atoms with Gasteiger partial charge in [0.05, 0.1) is 0 Å². The van der Waals surface area contributed by atoms with Crippen LogP contribution in [0.1, 0.15) is 26.7 Å². The van der Waals surface area contributed by atoms with Crippen LogP contribution in [0.15, 0.2) is 12.7 Å². The molecular weight excluding hydrogens is 192 g/mol. The van der Waals surface area contributed by atoms with Crippen LogP contribution in [0, 0.1) is 17.8 Å². The number of rotatable bonds is 6. The van der Waals surface area contributed by atoms with Crippen molar-refractivity contribution in [3.63, 3.8) is 0 Å². The van der Waals surface area contributed by atoms with Crippen molar-refractivity contribution in [2.75, 3.05) is 6.61 Å². The number of esters is 1. The molecule has 15 heavy (non-hydrogen) atoms. The van der Waals surface area contributed by atoms with Gasteiger partial charge in [0, 0.05) is 6.42 Å². The van der Waals surface area contributed by atoms with E-state index in [0.29, 0.717) is 12.8 Å². The van der Waals surface area contributed by atoms with Gasteiger partial charge in [0.2, 0.25) is 0 Å². The average molecular weight is 208 g/mol. The summed E-state index contributed by atoms with van der Waals surface area (Å²) < 4.78 is 4.82. The minimum absolute atomic E-state index is 0.141. The number of ether oxygens (including phenoxy) is 1. The molecule has 0 aliphatic heterocycles. The molecule has 0 radical (unpaired) electrons. The smallest absolute Gasteiger partial charge is 0.316 e. The summed E-state index contributed by atoms with van der Waals surface area (Å²) in [6.45, 7) is 6.68. The summed E-state index contributed by atoms with van der Waals surface area (Å²) in [5, 5.41) is 0. The number of ketones is 1. The summed E-state index contributed by atoms with van der Waals surface area (Å²) in [5.74, 6) is 4.18. The van der Waals surface area contributed by atoms with Crippen LogP contribution in [0.2, 0.25) is 0 Å². The van der Waals surface area contributed by atoms with Crippen LogP contribution in [-0.4, -0.2) is 18.4 Å². The normalized spacial score (nSPS) is 10.8. The lowest BCUT2D eigenvalue weighted by Crippen LogP contribution is -2.24. The summed E-state index contributed by atoms with van der Waals surface area (Å²) in [4.78, 5) is 22.6. The molecular formula is C12H16O3. The van der Waals surface area contributed by atoms with Crippen molar-refractivity contribution in [2.45, 2.75) is 26.7 Å². The van der Waals surface area contributed by atoms with E-state index in [4.69, 9.17) is 4.74 Å². The quantitative estimate of drug-likeness (QED) is 0.289. The molecule has 0 fully saturated rings. The Kier molecular flexibility index (Phi) is 7.00. The second-order valence-corrected chi connectivity index (χ2v) is 3.05. The second-order valence-electron chi connectivity index (χ2n) is 3.05. The van der Waals surface area contributed by atoms with Crippen molar-refractivity contribution in [3.8, 4) is 11.8 Å². The van der Waals surface area contributed by atoms with Gasteiger partial charge in [-0.1, -0.05) is 12.7 Å². The number of Topliss-reactive ketones (excluding diaryl/α,β-unsaturated/α-hetero) is 1. The largest absolute Gasteiger partial charge is 0.461 e. The molecule has 0 rings (SSSR count). The summed E-state index contributed by atoms with van der Waals surface area (Å²) >= 11 is 0. The van der Waals surface area contributed by atoms with E-state index in [-0.39, 0.29) is 12.4 Å². The molecule has 3 nitrogen and oxygen atoms in total. The van der Waals surface area contributed by atoms with E-state index in [0.717, 1.165) is 0 Å². The third kappa shape index (κ3) is 5.69. The van der Waals surface area contributed by atoms with Crippen LogP contribution in [-0.2, 0) is 14.3 Å². The maximum Gasteiger partial charge on any atom is 0.316 e. The first kappa shape index (κ1) is 13.4. The van der Waals surface area contributed by atoms with E-state index in [2.05, 4.69) is 18.4 Å². The molecule has 0 aliphatic rings. The second kappa shape index (κ2) is 7.81. The van der Waals surface area contributed by atoms with E-state index in [1.807, 2.05) is 0 Å². The standard InChI is InChI=1S/C12H16O3/c1-4-6-7-8-11(10(3)13)12(14)15-9-5-2/h5,11H,2,7-9H2,1,3H3. The molecule has 0 bridgehead atoms. The Bertz CT molecular complexity index is 294. The molecule has 0 N–H and O–H groups in total. The highest BCUT2D eigenvalue weighted by Gasteiger charge is 2.23. The van der Waals surface area contributed by atoms with Crippen LogP contribution in [0.3, 0.4) is 0 Å². The molecule has 3 heteroatoms. The molecule has 0 spiro atoms. The van der Waals surface area contributed by atoms with Crippen molar-refractivity contribution in [1.29, 1.82) is 0 Å². The Balaban J connectivity index is 4.22. The number of hydrogen-bond donors (Lipinski definition) is 0. The highest BCUT2D eigenvalue weighted by atomic mass is 16.5. The molecule has 0 saturated carbocycles. The predicted octanol–water partition coefficient (Wildman–Crippen LogP) is 1.72. The third-order valence-corrected chi connectivity index (χ3v) is 1.85. The zero-order valence-electron chi connectivity index (χ0n) is 9.21. The van der Waals surface area contributed by atoms with E-state index >= 15 is 0 Å². The van der Waals surface area contributed by atoms with E-state index < -0.39 is 11.9 Å². The zero-order valence-corrected chi connectivity index (χ0v) is 9.21. The lowest BCUT2D eigenvalue weighted by molar-refractivity contribution is -0.150. The summed E-state index contributed by atoms with van der Waals surface area (Å²) in [7, 11) is 0. The highest BCUT2D eigenvalue weighted by Crippen LogP contribution is 2.09. The lowest BCUT2D eigenvalue weighted by atomic mass is 9.99. The Morgan fingerprint density at radius 2 is 2.20 bits per heavy atom. The molecule has 1 atom stereocenters. The Morgan fingerprint density at radius 1 is 1.53 bits per heavy atom. The van der Waals surface area contributed by atoms with Gasteiger partial charge in [-0.25, -0.2) is 0 Å². The van der Waals surface area contributed by atoms with Gasteiger partial charge in [-0.3, -0.25) is 9.59 Å². The minimum atomic E-state index is -0.689. The third-order valence-electron chi connectivity index (χ3n) is 1.85. The van der Waals surface area contributed by atoms with Crippen LogP contribution in [0.25, 0.3) is 0 Å². The number of carbonyl (C=O) groups excluding carboxylic acids is 2. The molecule has 0 amide bonds. The van der Waals surface area contributed by atoms with Gasteiger partial charge in [-0.15, -0.1) is 11.8 Å². The van der Waals surface area contributed by atoms with Crippen LogP contribution in [0.4, 0.5) is 0 Å². The molecule has 0 aliphatic carbocycles. The Hall–Kier alpha value is -1.56. The van der Waals surface area contributed by atoms with Gasteiger partial charge in [0.15, 0.2) is 0 Å². The van der Waals surface area contributed by atoms with Gasteiger partial charge in [0.25, 0.3) is 0 Å². The lowest BCUT2D eigenvalue weighted by Gasteiger charge is -2.10. The number of carbonyl (C=O) groups is 2. The fraction of sp³-hybridized carbons (Fsp3) is 0.500. The van der Waals surface area contributed by atoms with E-state index in [1.165, 1.54) is 13.0 Å². The molecule has 0 aromatic carbocycles. The van der Waals surface area contributed by atoms with Crippen molar-refractivity contribution in [2.24, 2.45) is 5.92 Å². The summed E-state index contributed by atoms with van der Waals surface area (Å²) in [5.41, 5.74) is 0. The monoisotopic (exact) mass is 208 g/mol. The maximum atomic E-state index is 11.4. The molecule has 0 aromatic rings. The van der Waals surface area contributed by atoms with Crippen molar-refractivity contribution >= 4 is 11.8 Å². The SMILES string of the molecule is C=CCOC(=O)C(CCC#CC)C(C)=O. The van der Waals surface area contributed by atoms with Crippen molar-refractivity contribution in [1.82, 2.24) is 0 Å². The first-order valence-electron chi connectivity index (χ1n) is 4.81. The Morgan fingerprint density at radius 3 is 2.67 bits per heavy atom. The fourth-order valence-electron chi connectivity index (χ4n) is 1.07. The maximum absolute atomic E-state index is 11.4. The van der Waals surface area contributed by atoms with Crippen molar-refractivity contribution in [3.05, 3.63) is 12.7 Å². The van der Waals surface area contributed by atoms with Crippen LogP contribution < -0.4 is 0 Å². The number of hydrogen-bond acceptors (Lipinski definition) is 3. The van der Waals surface area contributed by atoms with Gasteiger partial charge in [-0.2, -0.15) is 0 Å². The van der Waals surface area contributed by atoms with Crippen molar-refractivity contribution < 1.29 is 14.3 Å². The van der Waals surface area contributed by atoms with Gasteiger partial charge >= 0.3 is 5.97 Å². The van der Waals surface area contributed by atoms with E-state index in [1.54, 1.807) is 6.92 Å². The first-order valence-corrected chi connectivity index (χ1v) is 4.81. The topological polar surface area (TPSA) is 43.4 Å². The molecule has 82 valence electrons. The summed E-state index contributed by atoms with van der Waals surface area (Å²) in [6.07, 6.45) is 2.43.